The number of anilines is 1. The van der Waals surface area contributed by atoms with Gasteiger partial charge in [0.1, 0.15) is 5.82 Å². The van der Waals surface area contributed by atoms with Crippen molar-refractivity contribution in [2.75, 3.05) is 5.32 Å². The SMILES string of the molecule is O=C(O)C(Nc1ccc(Cl)c(Br)c1)c1ccc(Br)cc1F. The van der Waals surface area contributed by atoms with E-state index in [1.165, 1.54) is 12.1 Å². The zero-order valence-electron chi connectivity index (χ0n) is 10.4. The Bertz CT molecular complexity index is 697. The molecule has 21 heavy (non-hydrogen) atoms. The van der Waals surface area contributed by atoms with Gasteiger partial charge in [0.2, 0.25) is 0 Å². The lowest BCUT2D eigenvalue weighted by molar-refractivity contribution is -0.138. The predicted octanol–water partition coefficient (Wildman–Crippen LogP) is 5.24. The smallest absolute Gasteiger partial charge is 0.330 e. The van der Waals surface area contributed by atoms with Crippen molar-refractivity contribution in [3.8, 4) is 0 Å². The Labute approximate surface area is 142 Å². The first-order valence-electron chi connectivity index (χ1n) is 5.78. The zero-order valence-corrected chi connectivity index (χ0v) is 14.3. The molecule has 0 bridgehead atoms. The molecule has 0 saturated heterocycles. The summed E-state index contributed by atoms with van der Waals surface area (Å²) in [6, 6.07) is 7.92. The minimum absolute atomic E-state index is 0.0526. The average Bonchev–Trinajstić information content (AvgIpc) is 2.40. The molecule has 0 aliphatic heterocycles. The van der Waals surface area contributed by atoms with E-state index < -0.39 is 17.8 Å². The highest BCUT2D eigenvalue weighted by atomic mass is 79.9. The molecular weight excluding hydrogens is 428 g/mol. The fourth-order valence-electron chi connectivity index (χ4n) is 1.76. The van der Waals surface area contributed by atoms with Gasteiger partial charge in [-0.2, -0.15) is 0 Å². The molecule has 0 aliphatic rings. The lowest BCUT2D eigenvalue weighted by Gasteiger charge is -2.17. The molecule has 3 nitrogen and oxygen atoms in total. The third-order valence-electron chi connectivity index (χ3n) is 2.75. The van der Waals surface area contributed by atoms with E-state index in [4.69, 9.17) is 11.6 Å². The first-order valence-corrected chi connectivity index (χ1v) is 7.74. The van der Waals surface area contributed by atoms with E-state index >= 15 is 0 Å². The highest BCUT2D eigenvalue weighted by Crippen LogP contribution is 2.29. The Morgan fingerprint density at radius 2 is 1.95 bits per heavy atom. The van der Waals surface area contributed by atoms with Crippen LogP contribution >= 0.6 is 43.5 Å². The first-order chi connectivity index (χ1) is 9.88. The minimum atomic E-state index is -1.20. The topological polar surface area (TPSA) is 49.3 Å². The van der Waals surface area contributed by atoms with Crippen LogP contribution in [0.4, 0.5) is 10.1 Å². The third-order valence-corrected chi connectivity index (χ3v) is 4.46. The van der Waals surface area contributed by atoms with Crippen molar-refractivity contribution in [2.24, 2.45) is 0 Å². The summed E-state index contributed by atoms with van der Waals surface area (Å²) in [4.78, 5) is 11.4. The normalized spacial score (nSPS) is 12.0. The number of rotatable bonds is 4. The summed E-state index contributed by atoms with van der Waals surface area (Å²) in [5.41, 5.74) is 0.567. The fourth-order valence-corrected chi connectivity index (χ4v) is 2.59. The summed E-state index contributed by atoms with van der Waals surface area (Å²) in [5.74, 6) is -1.78. The van der Waals surface area contributed by atoms with Crippen molar-refractivity contribution < 1.29 is 14.3 Å². The lowest BCUT2D eigenvalue weighted by Crippen LogP contribution is -2.21. The van der Waals surface area contributed by atoms with Crippen LogP contribution in [0.5, 0.6) is 0 Å². The molecule has 2 aromatic rings. The van der Waals surface area contributed by atoms with Crippen molar-refractivity contribution in [3.63, 3.8) is 0 Å². The second-order valence-corrected chi connectivity index (χ2v) is 6.39. The van der Waals surface area contributed by atoms with Gasteiger partial charge in [0.25, 0.3) is 0 Å². The van der Waals surface area contributed by atoms with Crippen LogP contribution < -0.4 is 5.32 Å². The maximum absolute atomic E-state index is 13.9. The number of aliphatic carboxylic acids is 1. The van der Waals surface area contributed by atoms with Gasteiger partial charge in [-0.3, -0.25) is 0 Å². The summed E-state index contributed by atoms with van der Waals surface area (Å²) >= 11 is 12.3. The number of carboxylic acid groups (broad SMARTS) is 1. The summed E-state index contributed by atoms with van der Waals surface area (Å²) in [5, 5.41) is 12.6. The maximum atomic E-state index is 13.9. The van der Waals surface area contributed by atoms with Crippen LogP contribution in [-0.2, 0) is 4.79 Å². The summed E-state index contributed by atoms with van der Waals surface area (Å²) in [6.07, 6.45) is 0. The Balaban J connectivity index is 2.35. The number of nitrogens with one attached hydrogen (secondary N) is 1. The van der Waals surface area contributed by atoms with Crippen LogP contribution in [0.25, 0.3) is 0 Å². The maximum Gasteiger partial charge on any atom is 0.330 e. The van der Waals surface area contributed by atoms with Gasteiger partial charge in [-0.25, -0.2) is 9.18 Å². The molecule has 0 fully saturated rings. The van der Waals surface area contributed by atoms with Gasteiger partial charge in [-0.05, 0) is 46.3 Å². The summed E-state index contributed by atoms with van der Waals surface area (Å²) in [7, 11) is 0. The van der Waals surface area contributed by atoms with E-state index in [1.54, 1.807) is 24.3 Å². The average molecular weight is 437 g/mol. The van der Waals surface area contributed by atoms with E-state index in [-0.39, 0.29) is 5.56 Å². The van der Waals surface area contributed by atoms with Gasteiger partial charge in [0, 0.05) is 20.2 Å². The molecule has 0 radical (unpaired) electrons. The molecule has 2 aromatic carbocycles. The first kappa shape index (κ1) is 16.3. The van der Waals surface area contributed by atoms with Crippen molar-refractivity contribution in [1.82, 2.24) is 0 Å². The van der Waals surface area contributed by atoms with E-state index in [2.05, 4.69) is 37.2 Å². The quantitative estimate of drug-likeness (QED) is 0.688. The number of hydrogen-bond acceptors (Lipinski definition) is 2. The van der Waals surface area contributed by atoms with Gasteiger partial charge >= 0.3 is 5.97 Å². The van der Waals surface area contributed by atoms with Crippen molar-refractivity contribution in [3.05, 3.63) is 61.7 Å². The highest BCUT2D eigenvalue weighted by Gasteiger charge is 2.23. The van der Waals surface area contributed by atoms with E-state index in [1.807, 2.05) is 0 Å². The van der Waals surface area contributed by atoms with Crippen LogP contribution in [0.3, 0.4) is 0 Å². The van der Waals surface area contributed by atoms with Crippen LogP contribution in [0, 0.1) is 5.82 Å². The monoisotopic (exact) mass is 435 g/mol. The Morgan fingerprint density at radius 1 is 1.24 bits per heavy atom. The molecule has 0 aromatic heterocycles. The van der Waals surface area contributed by atoms with Crippen LogP contribution in [0.1, 0.15) is 11.6 Å². The van der Waals surface area contributed by atoms with Gasteiger partial charge in [-0.1, -0.05) is 33.6 Å². The second kappa shape index (κ2) is 6.77. The highest BCUT2D eigenvalue weighted by molar-refractivity contribution is 9.10. The zero-order chi connectivity index (χ0) is 15.6. The Hall–Kier alpha value is -1.11. The Morgan fingerprint density at radius 3 is 2.52 bits per heavy atom. The fraction of sp³-hybridized carbons (Fsp3) is 0.0714. The van der Waals surface area contributed by atoms with Gasteiger partial charge in [0.05, 0.1) is 5.02 Å². The molecule has 2 N–H and O–H groups in total. The molecule has 0 heterocycles. The minimum Gasteiger partial charge on any atom is -0.479 e. The van der Waals surface area contributed by atoms with Gasteiger partial charge < -0.3 is 10.4 Å². The number of carbonyl (C=O) groups is 1. The summed E-state index contributed by atoms with van der Waals surface area (Å²) < 4.78 is 15.1. The van der Waals surface area contributed by atoms with E-state index in [0.717, 1.165) is 0 Å². The number of carboxylic acids is 1. The number of hydrogen-bond donors (Lipinski definition) is 2. The van der Waals surface area contributed by atoms with Crippen molar-refractivity contribution in [1.29, 1.82) is 0 Å². The molecule has 0 saturated carbocycles. The molecule has 2 rings (SSSR count). The van der Waals surface area contributed by atoms with Crippen LogP contribution in [0.15, 0.2) is 45.3 Å². The van der Waals surface area contributed by atoms with Crippen LogP contribution in [0.2, 0.25) is 5.02 Å². The predicted molar refractivity (Wildman–Crippen MR) is 87.3 cm³/mol. The molecular formula is C14H9Br2ClFNO2. The number of benzene rings is 2. The summed E-state index contributed by atoms with van der Waals surface area (Å²) in [6.45, 7) is 0. The largest absolute Gasteiger partial charge is 0.479 e. The van der Waals surface area contributed by atoms with Crippen molar-refractivity contribution in [2.45, 2.75) is 6.04 Å². The van der Waals surface area contributed by atoms with Gasteiger partial charge in [0.15, 0.2) is 6.04 Å². The standard InChI is InChI=1S/C14H9Br2ClFNO2/c15-7-1-3-9(12(18)5-7)13(14(20)21)19-8-2-4-11(17)10(16)6-8/h1-6,13,19H,(H,20,21). The molecule has 0 spiro atoms. The molecule has 1 unspecified atom stereocenters. The molecule has 110 valence electrons. The number of halogens is 4. The second-order valence-electron chi connectivity index (χ2n) is 4.21. The molecule has 0 aliphatic carbocycles. The lowest BCUT2D eigenvalue weighted by atomic mass is 10.1. The van der Waals surface area contributed by atoms with E-state index in [0.29, 0.717) is 19.7 Å². The van der Waals surface area contributed by atoms with Crippen LogP contribution in [-0.4, -0.2) is 11.1 Å². The third kappa shape index (κ3) is 3.96. The Kier molecular flexibility index (Phi) is 5.24. The van der Waals surface area contributed by atoms with Crippen molar-refractivity contribution >= 4 is 55.1 Å². The molecule has 7 heteroatoms. The molecule has 1 atom stereocenters. The molecule has 0 amide bonds. The van der Waals surface area contributed by atoms with Gasteiger partial charge in [-0.15, -0.1) is 0 Å². The van der Waals surface area contributed by atoms with E-state index in [9.17, 15) is 14.3 Å².